The highest BCUT2D eigenvalue weighted by Gasteiger charge is 2.34. The highest BCUT2D eigenvalue weighted by molar-refractivity contribution is 5.99. The van der Waals surface area contributed by atoms with Gasteiger partial charge in [0, 0.05) is 18.7 Å². The summed E-state index contributed by atoms with van der Waals surface area (Å²) < 4.78 is 11.6. The third kappa shape index (κ3) is 4.80. The van der Waals surface area contributed by atoms with Crippen molar-refractivity contribution in [2.24, 2.45) is 0 Å². The quantitative estimate of drug-likeness (QED) is 0.845. The van der Waals surface area contributed by atoms with Crippen molar-refractivity contribution in [1.29, 1.82) is 0 Å². The van der Waals surface area contributed by atoms with Crippen molar-refractivity contribution in [3.05, 3.63) is 53.6 Å². The molecule has 0 unspecified atom stereocenters. The lowest BCUT2D eigenvalue weighted by Gasteiger charge is -2.21. The van der Waals surface area contributed by atoms with Gasteiger partial charge in [-0.05, 0) is 63.6 Å². The summed E-state index contributed by atoms with van der Waals surface area (Å²) in [7, 11) is 0. The number of amides is 1. The maximum atomic E-state index is 12.8. The van der Waals surface area contributed by atoms with E-state index in [2.05, 4.69) is 0 Å². The van der Waals surface area contributed by atoms with Gasteiger partial charge in [-0.15, -0.1) is 0 Å². The van der Waals surface area contributed by atoms with E-state index >= 15 is 0 Å². The Bertz CT molecular complexity index is 808. The number of aryl methyl sites for hydroxylation is 2. The molecule has 2 aromatic rings. The predicted molar refractivity (Wildman–Crippen MR) is 106 cm³/mol. The zero-order valence-electron chi connectivity index (χ0n) is 16.4. The fraction of sp³-hybridized carbons (Fsp3) is 0.409. The monoisotopic (exact) mass is 369 g/mol. The Morgan fingerprint density at radius 1 is 1.15 bits per heavy atom. The SMILES string of the molecule is Cc1ccc(O[C@H]2CCN(c3ccc(OCC(C)(C)O)c(C)c3)C2=O)cc1. The van der Waals surface area contributed by atoms with Crippen LogP contribution in [-0.4, -0.2) is 35.9 Å². The molecule has 1 atom stereocenters. The molecule has 5 nitrogen and oxygen atoms in total. The average Bonchev–Trinajstić information content (AvgIpc) is 2.96. The molecule has 1 saturated heterocycles. The summed E-state index contributed by atoms with van der Waals surface area (Å²) in [5.74, 6) is 1.40. The van der Waals surface area contributed by atoms with Gasteiger partial charge >= 0.3 is 0 Å². The minimum absolute atomic E-state index is 0.0277. The van der Waals surface area contributed by atoms with E-state index in [1.54, 1.807) is 18.7 Å². The predicted octanol–water partition coefficient (Wildman–Crippen LogP) is 3.64. The number of benzene rings is 2. The summed E-state index contributed by atoms with van der Waals surface area (Å²) in [6.45, 7) is 8.19. The number of rotatable bonds is 6. The zero-order valence-corrected chi connectivity index (χ0v) is 16.4. The van der Waals surface area contributed by atoms with Crippen molar-refractivity contribution in [3.8, 4) is 11.5 Å². The molecule has 2 aromatic carbocycles. The van der Waals surface area contributed by atoms with Crippen molar-refractivity contribution >= 4 is 11.6 Å². The van der Waals surface area contributed by atoms with Crippen LogP contribution in [0.1, 0.15) is 31.4 Å². The lowest BCUT2D eigenvalue weighted by atomic mass is 10.1. The number of nitrogens with zero attached hydrogens (tertiary/aromatic N) is 1. The molecule has 3 rings (SSSR count). The average molecular weight is 369 g/mol. The Morgan fingerprint density at radius 2 is 1.85 bits per heavy atom. The molecule has 1 N–H and O–H groups in total. The zero-order chi connectivity index (χ0) is 19.6. The molecule has 0 spiro atoms. The molecule has 0 bridgehead atoms. The number of carbonyl (C=O) groups is 1. The maximum absolute atomic E-state index is 12.8. The molecule has 1 heterocycles. The van der Waals surface area contributed by atoms with Crippen molar-refractivity contribution in [2.45, 2.75) is 45.8 Å². The van der Waals surface area contributed by atoms with Gasteiger partial charge in [0.15, 0.2) is 6.10 Å². The molecule has 1 amide bonds. The lowest BCUT2D eigenvalue weighted by Crippen LogP contribution is -2.32. The standard InChI is InChI=1S/C22H27NO4/c1-15-5-8-18(9-6-15)27-20-11-12-23(21(20)24)17-7-10-19(16(2)13-17)26-14-22(3,4)25/h5-10,13,20,25H,11-12,14H2,1-4H3/t20-/m0/s1. The van der Waals surface area contributed by atoms with E-state index in [9.17, 15) is 9.90 Å². The highest BCUT2D eigenvalue weighted by Crippen LogP contribution is 2.29. The molecule has 144 valence electrons. The topological polar surface area (TPSA) is 59.0 Å². The van der Waals surface area contributed by atoms with Crippen molar-refractivity contribution in [1.82, 2.24) is 0 Å². The molecule has 1 aliphatic rings. The van der Waals surface area contributed by atoms with Crippen molar-refractivity contribution in [3.63, 3.8) is 0 Å². The van der Waals surface area contributed by atoms with Gasteiger partial charge in [0.25, 0.3) is 5.91 Å². The fourth-order valence-corrected chi connectivity index (χ4v) is 3.02. The Balaban J connectivity index is 1.67. The van der Waals surface area contributed by atoms with Gasteiger partial charge < -0.3 is 19.5 Å². The largest absolute Gasteiger partial charge is 0.490 e. The van der Waals surface area contributed by atoms with Crippen LogP contribution in [0.15, 0.2) is 42.5 Å². The second-order valence-electron chi connectivity index (χ2n) is 7.75. The van der Waals surface area contributed by atoms with Crippen LogP contribution in [0.5, 0.6) is 11.5 Å². The minimum Gasteiger partial charge on any atom is -0.490 e. The van der Waals surface area contributed by atoms with Gasteiger partial charge in [0.05, 0.1) is 5.60 Å². The third-order valence-corrected chi connectivity index (χ3v) is 4.51. The van der Waals surface area contributed by atoms with Gasteiger partial charge in [-0.25, -0.2) is 0 Å². The first kappa shape index (κ1) is 19.2. The van der Waals surface area contributed by atoms with E-state index in [1.165, 1.54) is 0 Å². The van der Waals surface area contributed by atoms with E-state index in [0.717, 1.165) is 16.8 Å². The van der Waals surface area contributed by atoms with E-state index in [4.69, 9.17) is 9.47 Å². The van der Waals surface area contributed by atoms with E-state index in [-0.39, 0.29) is 12.5 Å². The van der Waals surface area contributed by atoms with E-state index < -0.39 is 11.7 Å². The molecule has 27 heavy (non-hydrogen) atoms. The first-order valence-corrected chi connectivity index (χ1v) is 9.23. The molecular formula is C22H27NO4. The van der Waals surface area contributed by atoms with Crippen LogP contribution in [0.2, 0.25) is 0 Å². The molecular weight excluding hydrogens is 342 g/mol. The van der Waals surface area contributed by atoms with Crippen LogP contribution in [0.4, 0.5) is 5.69 Å². The summed E-state index contributed by atoms with van der Waals surface area (Å²) in [6.07, 6.45) is 0.196. The Hall–Kier alpha value is -2.53. The first-order valence-electron chi connectivity index (χ1n) is 9.23. The summed E-state index contributed by atoms with van der Waals surface area (Å²) in [6, 6.07) is 13.4. The van der Waals surface area contributed by atoms with Gasteiger partial charge in [-0.1, -0.05) is 17.7 Å². The van der Waals surface area contributed by atoms with E-state index in [0.29, 0.717) is 24.5 Å². The Morgan fingerprint density at radius 3 is 2.48 bits per heavy atom. The van der Waals surface area contributed by atoms with Crippen LogP contribution < -0.4 is 14.4 Å². The van der Waals surface area contributed by atoms with Gasteiger partial charge in [0.2, 0.25) is 0 Å². The normalized spacial score (nSPS) is 17.3. The van der Waals surface area contributed by atoms with Crippen LogP contribution in [0, 0.1) is 13.8 Å². The van der Waals surface area contributed by atoms with Crippen LogP contribution in [-0.2, 0) is 4.79 Å². The van der Waals surface area contributed by atoms with Gasteiger partial charge in [-0.3, -0.25) is 4.79 Å². The number of hydrogen-bond donors (Lipinski definition) is 1. The number of hydrogen-bond acceptors (Lipinski definition) is 4. The molecule has 0 radical (unpaired) electrons. The Labute approximate surface area is 160 Å². The fourth-order valence-electron chi connectivity index (χ4n) is 3.02. The van der Waals surface area contributed by atoms with Crippen LogP contribution in [0.3, 0.4) is 0 Å². The minimum atomic E-state index is -0.892. The maximum Gasteiger partial charge on any atom is 0.268 e. The smallest absolute Gasteiger partial charge is 0.268 e. The molecule has 1 fully saturated rings. The third-order valence-electron chi connectivity index (χ3n) is 4.51. The summed E-state index contributed by atoms with van der Waals surface area (Å²) in [5.41, 5.74) is 2.02. The summed E-state index contributed by atoms with van der Waals surface area (Å²) >= 11 is 0. The van der Waals surface area contributed by atoms with Crippen LogP contribution in [0.25, 0.3) is 0 Å². The summed E-state index contributed by atoms with van der Waals surface area (Å²) in [4.78, 5) is 14.5. The van der Waals surface area contributed by atoms with Crippen molar-refractivity contribution in [2.75, 3.05) is 18.1 Å². The van der Waals surface area contributed by atoms with Gasteiger partial charge in [-0.2, -0.15) is 0 Å². The second kappa shape index (κ2) is 7.61. The highest BCUT2D eigenvalue weighted by atomic mass is 16.5. The molecule has 5 heteroatoms. The number of ether oxygens (including phenoxy) is 2. The number of aliphatic hydroxyl groups is 1. The second-order valence-corrected chi connectivity index (χ2v) is 7.75. The lowest BCUT2D eigenvalue weighted by molar-refractivity contribution is -0.122. The van der Waals surface area contributed by atoms with Gasteiger partial charge in [0.1, 0.15) is 18.1 Å². The molecule has 1 aliphatic heterocycles. The number of carbonyl (C=O) groups excluding carboxylic acids is 1. The molecule has 0 saturated carbocycles. The summed E-state index contributed by atoms with van der Waals surface area (Å²) in [5, 5.41) is 9.81. The number of anilines is 1. The van der Waals surface area contributed by atoms with Crippen molar-refractivity contribution < 1.29 is 19.4 Å². The molecule has 0 aromatic heterocycles. The molecule has 0 aliphatic carbocycles. The Kier molecular flexibility index (Phi) is 5.42. The van der Waals surface area contributed by atoms with E-state index in [1.807, 2.05) is 56.3 Å². The van der Waals surface area contributed by atoms with Crippen LogP contribution >= 0.6 is 0 Å². The first-order chi connectivity index (χ1) is 12.7.